The number of rotatable bonds is 3. The van der Waals surface area contributed by atoms with Crippen molar-refractivity contribution < 1.29 is 14.6 Å². The Labute approximate surface area is 215 Å². The van der Waals surface area contributed by atoms with Crippen LogP contribution in [0.25, 0.3) is 16.3 Å². The summed E-state index contributed by atoms with van der Waals surface area (Å²) in [6, 6.07) is 19.8. The fourth-order valence-corrected chi connectivity index (χ4v) is 4.26. The summed E-state index contributed by atoms with van der Waals surface area (Å²) in [5, 5.41) is 23.6. The van der Waals surface area contributed by atoms with Crippen LogP contribution >= 0.6 is 0 Å². The van der Waals surface area contributed by atoms with Gasteiger partial charge in [-0.25, -0.2) is 4.79 Å². The van der Waals surface area contributed by atoms with Crippen LogP contribution in [0, 0.1) is 11.3 Å². The lowest BCUT2D eigenvalue weighted by atomic mass is 9.76. The fourth-order valence-electron chi connectivity index (χ4n) is 4.26. The summed E-state index contributed by atoms with van der Waals surface area (Å²) >= 11 is 0. The lowest BCUT2D eigenvalue weighted by Gasteiger charge is -2.29. The second-order valence-electron chi connectivity index (χ2n) is 12.3. The maximum Gasteiger partial charge on any atom is 0.350 e. The molecule has 0 radical (unpaired) electrons. The number of nitrogens with zero attached hydrogens (tertiary/aromatic N) is 1. The second kappa shape index (κ2) is 9.47. The van der Waals surface area contributed by atoms with E-state index in [1.165, 1.54) is 0 Å². The molecule has 0 atom stereocenters. The van der Waals surface area contributed by atoms with E-state index in [0.717, 1.165) is 27.5 Å². The number of aromatic hydroxyl groups is 1. The summed E-state index contributed by atoms with van der Waals surface area (Å²) < 4.78 is 5.65. The third-order valence-electron chi connectivity index (χ3n) is 6.02. The van der Waals surface area contributed by atoms with Gasteiger partial charge in [0.05, 0.1) is 0 Å². The Hall–Kier alpha value is -3.58. The largest absolute Gasteiger partial charge is 0.507 e. The number of esters is 1. The van der Waals surface area contributed by atoms with E-state index in [-0.39, 0.29) is 22.2 Å². The predicted molar refractivity (Wildman–Crippen MR) is 147 cm³/mol. The molecule has 0 unspecified atom stereocenters. The number of carbonyl (C=O) groups excluding carboxylic acids is 1. The number of fused-ring (bicyclic) bond motifs is 1. The molecule has 0 heterocycles. The minimum Gasteiger partial charge on any atom is -0.507 e. The van der Waals surface area contributed by atoms with Gasteiger partial charge < -0.3 is 9.84 Å². The van der Waals surface area contributed by atoms with Crippen molar-refractivity contribution in [3.63, 3.8) is 0 Å². The van der Waals surface area contributed by atoms with Gasteiger partial charge in [0.2, 0.25) is 0 Å². The number of phenols is 1. The van der Waals surface area contributed by atoms with E-state index >= 15 is 0 Å². The van der Waals surface area contributed by atoms with Gasteiger partial charge >= 0.3 is 5.97 Å². The Morgan fingerprint density at radius 3 is 1.78 bits per heavy atom. The van der Waals surface area contributed by atoms with Crippen molar-refractivity contribution in [1.29, 1.82) is 5.26 Å². The van der Waals surface area contributed by atoms with Crippen molar-refractivity contribution in [1.82, 2.24) is 0 Å². The lowest BCUT2D eigenvalue weighted by molar-refractivity contribution is -0.149. The number of hydrogen-bond acceptors (Lipinski definition) is 4. The van der Waals surface area contributed by atoms with Crippen molar-refractivity contribution in [3.05, 3.63) is 82.4 Å². The molecule has 0 aliphatic rings. The van der Waals surface area contributed by atoms with Crippen molar-refractivity contribution in [2.45, 2.75) is 78.7 Å². The van der Waals surface area contributed by atoms with E-state index in [4.69, 9.17) is 4.74 Å². The molecular weight excluding hydrogens is 446 g/mol. The molecule has 0 aromatic heterocycles. The summed E-state index contributed by atoms with van der Waals surface area (Å²) in [5.74, 6) is -0.428. The topological polar surface area (TPSA) is 70.3 Å². The number of nitriles is 1. The molecule has 3 aromatic carbocycles. The first-order chi connectivity index (χ1) is 16.5. The first-order valence-electron chi connectivity index (χ1n) is 12.3. The van der Waals surface area contributed by atoms with Crippen molar-refractivity contribution in [2.75, 3.05) is 0 Å². The lowest BCUT2D eigenvalue weighted by Crippen LogP contribution is -2.25. The molecule has 0 amide bonds. The van der Waals surface area contributed by atoms with E-state index < -0.39 is 11.6 Å². The molecule has 0 fully saturated rings. The van der Waals surface area contributed by atoms with Crippen LogP contribution < -0.4 is 0 Å². The van der Waals surface area contributed by atoms with Crippen LogP contribution in [0.1, 0.15) is 84.6 Å². The Bertz CT molecular complexity index is 1350. The summed E-state index contributed by atoms with van der Waals surface area (Å²) in [5.41, 5.74) is 1.88. The van der Waals surface area contributed by atoms with E-state index in [9.17, 15) is 15.2 Å². The zero-order chi connectivity index (χ0) is 27.1. The van der Waals surface area contributed by atoms with Gasteiger partial charge in [-0.1, -0.05) is 77.9 Å². The molecular formula is C32H37NO3. The summed E-state index contributed by atoms with van der Waals surface area (Å²) in [6.07, 6.45) is 0. The third kappa shape index (κ3) is 5.79. The maximum atomic E-state index is 13.3. The van der Waals surface area contributed by atoms with Crippen LogP contribution in [-0.4, -0.2) is 16.7 Å². The van der Waals surface area contributed by atoms with E-state index in [1.54, 1.807) is 20.8 Å². The molecule has 36 heavy (non-hydrogen) atoms. The average Bonchev–Trinajstić information content (AvgIpc) is 2.74. The molecule has 3 rings (SSSR count). The number of phenolic OH excluding ortho intramolecular Hbond substituents is 1. The van der Waals surface area contributed by atoms with Crippen molar-refractivity contribution >= 4 is 22.3 Å². The minimum atomic E-state index is -0.754. The quantitative estimate of drug-likeness (QED) is 0.234. The molecule has 3 aromatic rings. The van der Waals surface area contributed by atoms with Gasteiger partial charge in [-0.2, -0.15) is 5.26 Å². The van der Waals surface area contributed by atoms with E-state index in [2.05, 4.69) is 6.07 Å². The summed E-state index contributed by atoms with van der Waals surface area (Å²) in [6.45, 7) is 17.6. The molecule has 0 spiro atoms. The average molecular weight is 484 g/mol. The Kier molecular flexibility index (Phi) is 7.10. The third-order valence-corrected chi connectivity index (χ3v) is 6.02. The number of benzene rings is 3. The molecule has 4 nitrogen and oxygen atoms in total. The normalized spacial score (nSPS) is 13.2. The Morgan fingerprint density at radius 1 is 0.778 bits per heavy atom. The molecule has 0 saturated heterocycles. The second-order valence-corrected chi connectivity index (χ2v) is 12.3. The molecule has 0 aliphatic carbocycles. The maximum absolute atomic E-state index is 13.3. The Balaban J connectivity index is 2.47. The smallest absolute Gasteiger partial charge is 0.350 e. The Morgan fingerprint density at radius 2 is 1.31 bits per heavy atom. The van der Waals surface area contributed by atoms with Gasteiger partial charge in [-0.05, 0) is 71.7 Å². The van der Waals surface area contributed by atoms with Gasteiger partial charge in [-0.3, -0.25) is 0 Å². The van der Waals surface area contributed by atoms with Gasteiger partial charge in [0.1, 0.15) is 23.0 Å². The highest BCUT2D eigenvalue weighted by Crippen LogP contribution is 2.43. The molecule has 0 saturated carbocycles. The predicted octanol–water partition coefficient (Wildman–Crippen LogP) is 7.81. The highest BCUT2D eigenvalue weighted by molar-refractivity contribution is 6.06. The van der Waals surface area contributed by atoms with Gasteiger partial charge in [-0.15, -0.1) is 0 Å². The fraction of sp³-hybridized carbons (Fsp3) is 0.375. The van der Waals surface area contributed by atoms with Crippen LogP contribution in [-0.2, 0) is 20.4 Å². The monoisotopic (exact) mass is 483 g/mol. The molecule has 0 bridgehead atoms. The molecule has 4 heteroatoms. The van der Waals surface area contributed by atoms with E-state index in [0.29, 0.717) is 11.1 Å². The van der Waals surface area contributed by atoms with E-state index in [1.807, 2.05) is 96.1 Å². The molecule has 188 valence electrons. The van der Waals surface area contributed by atoms with Crippen LogP contribution in [0.15, 0.2) is 60.2 Å². The van der Waals surface area contributed by atoms with Crippen LogP contribution in [0.5, 0.6) is 5.75 Å². The minimum absolute atomic E-state index is 0.0642. The zero-order valence-electron chi connectivity index (χ0n) is 22.9. The highest BCUT2D eigenvalue weighted by Gasteiger charge is 2.30. The summed E-state index contributed by atoms with van der Waals surface area (Å²) in [7, 11) is 0. The van der Waals surface area contributed by atoms with Crippen molar-refractivity contribution in [3.8, 4) is 11.8 Å². The number of carbonyl (C=O) groups is 1. The van der Waals surface area contributed by atoms with Gasteiger partial charge in [0.25, 0.3) is 0 Å². The first-order valence-corrected chi connectivity index (χ1v) is 12.3. The number of ether oxygens (including phenoxy) is 1. The van der Waals surface area contributed by atoms with Gasteiger partial charge in [0.15, 0.2) is 0 Å². The van der Waals surface area contributed by atoms with Gasteiger partial charge in [0, 0.05) is 16.7 Å². The number of hydrogen-bond donors (Lipinski definition) is 1. The standard InChI is InChI=1S/C32H37NO3/c1-30(2,3)25-17-23(18-26(28(25)34)31(4,5)6)27(24(19-33)29(35)36-32(7,8)9)22-15-14-20-12-10-11-13-21(20)16-22/h10-18,34H,1-9H3. The van der Waals surface area contributed by atoms with Crippen LogP contribution in [0.4, 0.5) is 0 Å². The molecule has 0 aliphatic heterocycles. The van der Waals surface area contributed by atoms with Crippen LogP contribution in [0.2, 0.25) is 0 Å². The first kappa shape index (κ1) is 27.0. The van der Waals surface area contributed by atoms with Crippen molar-refractivity contribution in [2.24, 2.45) is 0 Å². The highest BCUT2D eigenvalue weighted by atomic mass is 16.6. The SMILES string of the molecule is CC(C)(C)OC(=O)C(C#N)=C(c1cc(C(C)(C)C)c(O)c(C(C)(C)C)c1)c1ccc2ccccc2c1. The molecule has 1 N–H and O–H groups in total. The summed E-state index contributed by atoms with van der Waals surface area (Å²) in [4.78, 5) is 13.3. The van der Waals surface area contributed by atoms with Crippen LogP contribution in [0.3, 0.4) is 0 Å². The zero-order valence-corrected chi connectivity index (χ0v) is 22.9.